The molecule has 1 aliphatic rings. The number of benzene rings is 2. The van der Waals surface area contributed by atoms with E-state index in [1.54, 1.807) is 0 Å². The van der Waals surface area contributed by atoms with Crippen molar-refractivity contribution in [1.29, 1.82) is 0 Å². The summed E-state index contributed by atoms with van der Waals surface area (Å²) < 4.78 is 7.48. The fourth-order valence-corrected chi connectivity index (χ4v) is 5.02. The topological polar surface area (TPSA) is 86.3 Å². The second-order valence-electron chi connectivity index (χ2n) is 8.90. The van der Waals surface area contributed by atoms with E-state index < -0.39 is 0 Å². The Hall–Kier alpha value is -3.00. The zero-order valence-corrected chi connectivity index (χ0v) is 20.6. The van der Waals surface area contributed by atoms with Crippen LogP contribution in [0, 0.1) is 6.92 Å². The number of hydrogen-bond acceptors (Lipinski definition) is 6. The zero-order valence-electron chi connectivity index (χ0n) is 19.8. The number of carbonyl (C=O) groups is 1. The summed E-state index contributed by atoms with van der Waals surface area (Å²) in [6.45, 7) is 10.5. The first kappa shape index (κ1) is 23.2. The monoisotopic (exact) mass is 465 g/mol. The molecule has 2 aromatic carbocycles. The van der Waals surface area contributed by atoms with Crippen LogP contribution >= 0.6 is 11.8 Å². The van der Waals surface area contributed by atoms with Crippen LogP contribution < -0.4 is 15.5 Å². The first-order valence-corrected chi connectivity index (χ1v) is 12.1. The van der Waals surface area contributed by atoms with Gasteiger partial charge in [0.05, 0.1) is 5.25 Å². The van der Waals surface area contributed by atoms with Crippen LogP contribution in [0.1, 0.15) is 56.1 Å². The minimum absolute atomic E-state index is 0.0413. The van der Waals surface area contributed by atoms with Crippen molar-refractivity contribution in [1.82, 2.24) is 14.9 Å². The number of nitrogens with zero attached hydrogens (tertiary/aromatic N) is 4. The van der Waals surface area contributed by atoms with Gasteiger partial charge in [0.15, 0.2) is 5.82 Å². The van der Waals surface area contributed by atoms with Gasteiger partial charge >= 0.3 is 0 Å². The maximum absolute atomic E-state index is 13.3. The average Bonchev–Trinajstić information content (AvgIpc) is 3.30. The largest absolute Gasteiger partial charge is 0.485 e. The highest BCUT2D eigenvalue weighted by Gasteiger charge is 2.34. The summed E-state index contributed by atoms with van der Waals surface area (Å²) in [5, 5.41) is 8.55. The smallest absolute Gasteiger partial charge is 0.240 e. The lowest BCUT2D eigenvalue weighted by Crippen LogP contribution is -2.40. The quantitative estimate of drug-likeness (QED) is 0.409. The fraction of sp³-hybridized carbons (Fsp3) is 0.400. The summed E-state index contributed by atoms with van der Waals surface area (Å²) in [5.41, 5.74) is 4.46. The predicted octanol–water partition coefficient (Wildman–Crippen LogP) is 4.46. The van der Waals surface area contributed by atoms with Gasteiger partial charge in [-0.2, -0.15) is 0 Å². The number of aromatic nitrogens is 3. The van der Waals surface area contributed by atoms with E-state index in [9.17, 15) is 4.79 Å². The molecule has 174 valence electrons. The average molecular weight is 466 g/mol. The highest BCUT2D eigenvalue weighted by molar-refractivity contribution is 8.00. The number of carbonyl (C=O) groups excluding carboxylic acids is 1. The van der Waals surface area contributed by atoms with Gasteiger partial charge in [0.25, 0.3) is 0 Å². The van der Waals surface area contributed by atoms with Gasteiger partial charge in [-0.3, -0.25) is 4.79 Å². The summed E-state index contributed by atoms with van der Waals surface area (Å²) in [5.74, 6) is 7.98. The number of para-hydroxylation sites is 1. The van der Waals surface area contributed by atoms with Gasteiger partial charge in [-0.1, -0.05) is 55.9 Å². The molecule has 1 amide bonds. The van der Waals surface area contributed by atoms with Crippen molar-refractivity contribution in [2.75, 3.05) is 10.7 Å². The van der Waals surface area contributed by atoms with Crippen molar-refractivity contribution in [2.45, 2.75) is 70.0 Å². The van der Waals surface area contributed by atoms with Crippen molar-refractivity contribution in [2.24, 2.45) is 0 Å². The first-order chi connectivity index (χ1) is 15.8. The number of nitrogen functional groups attached to an aromatic ring is 1. The van der Waals surface area contributed by atoms with Crippen molar-refractivity contribution < 1.29 is 9.53 Å². The standard InChI is InChI=1S/C25H31N5O2S/c1-15(2)20-11-10-16(3)12-22(20)32-14-23-27-28-25(30(23)26)33-18(5)24(31)29-17(4)13-19-8-6-7-9-21(19)29/h6-12,15,17-18H,13-14,26H2,1-5H3. The number of hydrogen-bond donors (Lipinski definition) is 1. The molecule has 2 atom stereocenters. The molecule has 0 fully saturated rings. The molecule has 0 radical (unpaired) electrons. The van der Waals surface area contributed by atoms with Crippen LogP contribution in [0.25, 0.3) is 0 Å². The SMILES string of the molecule is Cc1ccc(C(C)C)c(OCc2nnc(SC(C)C(=O)N3c4ccccc4CC3C)n2N)c1. The van der Waals surface area contributed by atoms with Crippen molar-refractivity contribution in [3.8, 4) is 5.75 Å². The molecular weight excluding hydrogens is 434 g/mol. The first-order valence-electron chi connectivity index (χ1n) is 11.3. The molecule has 1 aliphatic heterocycles. The maximum atomic E-state index is 13.3. The molecule has 0 saturated heterocycles. The number of nitrogens with two attached hydrogens (primary N) is 1. The number of rotatable bonds is 7. The van der Waals surface area contributed by atoms with E-state index in [4.69, 9.17) is 10.6 Å². The van der Waals surface area contributed by atoms with Gasteiger partial charge in [0.2, 0.25) is 11.1 Å². The summed E-state index contributed by atoms with van der Waals surface area (Å²) in [6.07, 6.45) is 0.866. The number of anilines is 1. The van der Waals surface area contributed by atoms with E-state index in [-0.39, 0.29) is 23.8 Å². The number of amides is 1. The second-order valence-corrected chi connectivity index (χ2v) is 10.2. The Morgan fingerprint density at radius 1 is 1.21 bits per heavy atom. The van der Waals surface area contributed by atoms with Gasteiger partial charge in [-0.15, -0.1) is 10.2 Å². The van der Waals surface area contributed by atoms with Gasteiger partial charge in [-0.25, -0.2) is 4.68 Å². The van der Waals surface area contributed by atoms with Crippen molar-refractivity contribution in [3.63, 3.8) is 0 Å². The lowest BCUT2D eigenvalue weighted by Gasteiger charge is -2.25. The van der Waals surface area contributed by atoms with Crippen LogP contribution in [0.3, 0.4) is 0 Å². The van der Waals surface area contributed by atoms with Crippen LogP contribution in [0.5, 0.6) is 5.75 Å². The molecule has 4 rings (SSSR count). The Bertz CT molecular complexity index is 1160. The Morgan fingerprint density at radius 3 is 2.73 bits per heavy atom. The molecule has 8 heteroatoms. The van der Waals surface area contributed by atoms with Gasteiger partial charge < -0.3 is 15.5 Å². The summed E-state index contributed by atoms with van der Waals surface area (Å²) >= 11 is 1.31. The van der Waals surface area contributed by atoms with E-state index in [1.807, 2.05) is 43.0 Å². The van der Waals surface area contributed by atoms with E-state index in [2.05, 4.69) is 49.2 Å². The van der Waals surface area contributed by atoms with Crippen molar-refractivity contribution >= 4 is 23.4 Å². The number of thioether (sulfide) groups is 1. The van der Waals surface area contributed by atoms with Gasteiger partial charge in [0.1, 0.15) is 12.4 Å². The van der Waals surface area contributed by atoms with Crippen LogP contribution in [-0.2, 0) is 17.8 Å². The molecule has 1 aromatic heterocycles. The minimum atomic E-state index is -0.358. The molecule has 0 saturated carbocycles. The summed E-state index contributed by atoms with van der Waals surface area (Å²) in [6, 6.07) is 14.4. The summed E-state index contributed by atoms with van der Waals surface area (Å²) in [4.78, 5) is 15.2. The molecule has 2 heterocycles. The number of ether oxygens (including phenoxy) is 1. The normalized spacial score (nSPS) is 16.2. The van der Waals surface area contributed by atoms with E-state index in [0.717, 1.165) is 29.0 Å². The summed E-state index contributed by atoms with van der Waals surface area (Å²) in [7, 11) is 0. The number of fused-ring (bicyclic) bond motifs is 1. The zero-order chi connectivity index (χ0) is 23.7. The van der Waals surface area contributed by atoms with E-state index in [0.29, 0.717) is 16.9 Å². The maximum Gasteiger partial charge on any atom is 0.240 e. The third-order valence-corrected chi connectivity index (χ3v) is 7.00. The minimum Gasteiger partial charge on any atom is -0.485 e. The molecule has 2 unspecified atom stereocenters. The van der Waals surface area contributed by atoms with Crippen LogP contribution in [-0.4, -0.2) is 32.1 Å². The fourth-order valence-electron chi connectivity index (χ4n) is 4.18. The Kier molecular flexibility index (Phi) is 6.65. The van der Waals surface area contributed by atoms with E-state index >= 15 is 0 Å². The van der Waals surface area contributed by atoms with Gasteiger partial charge in [-0.05, 0) is 61.9 Å². The Balaban J connectivity index is 1.44. The predicted molar refractivity (Wildman–Crippen MR) is 132 cm³/mol. The van der Waals surface area contributed by atoms with Crippen molar-refractivity contribution in [3.05, 3.63) is 65.0 Å². The lowest BCUT2D eigenvalue weighted by molar-refractivity contribution is -0.118. The lowest BCUT2D eigenvalue weighted by atomic mass is 10.0. The molecule has 0 bridgehead atoms. The van der Waals surface area contributed by atoms with Crippen LogP contribution in [0.2, 0.25) is 0 Å². The molecule has 0 aliphatic carbocycles. The second kappa shape index (κ2) is 9.47. The van der Waals surface area contributed by atoms with E-state index in [1.165, 1.54) is 22.0 Å². The number of aryl methyl sites for hydroxylation is 1. The molecular formula is C25H31N5O2S. The Labute approximate surface area is 199 Å². The Morgan fingerprint density at radius 2 is 1.97 bits per heavy atom. The molecule has 7 nitrogen and oxygen atoms in total. The molecule has 0 spiro atoms. The highest BCUT2D eigenvalue weighted by Crippen LogP contribution is 2.34. The van der Waals surface area contributed by atoms with Crippen LogP contribution in [0.15, 0.2) is 47.6 Å². The van der Waals surface area contributed by atoms with Gasteiger partial charge in [0, 0.05) is 11.7 Å². The molecule has 3 aromatic rings. The molecule has 33 heavy (non-hydrogen) atoms. The highest BCUT2D eigenvalue weighted by atomic mass is 32.2. The molecule has 2 N–H and O–H groups in total. The third-order valence-electron chi connectivity index (χ3n) is 5.96. The third kappa shape index (κ3) is 4.71. The van der Waals surface area contributed by atoms with Crippen LogP contribution in [0.4, 0.5) is 5.69 Å².